The number of benzene rings is 1. The monoisotopic (exact) mass is 217 g/mol. The number of terminal acetylenes is 1. The average Bonchev–Trinajstić information content (AvgIpc) is 2.29. The lowest BCUT2D eigenvalue weighted by molar-refractivity contribution is -0.141. The third kappa shape index (κ3) is 3.32. The molecule has 0 aliphatic rings. The molecule has 0 atom stereocenters. The number of ether oxygens (including phenoxy) is 1. The number of hydrogen-bond acceptors (Lipinski definition) is 3. The van der Waals surface area contributed by atoms with Gasteiger partial charge in [0.2, 0.25) is 0 Å². The van der Waals surface area contributed by atoms with Gasteiger partial charge in [0.05, 0.1) is 6.61 Å². The van der Waals surface area contributed by atoms with Crippen LogP contribution in [-0.2, 0) is 9.53 Å². The van der Waals surface area contributed by atoms with Crippen molar-refractivity contribution in [3.8, 4) is 12.3 Å². The van der Waals surface area contributed by atoms with E-state index in [1.54, 1.807) is 6.92 Å². The second kappa shape index (κ2) is 5.82. The summed E-state index contributed by atoms with van der Waals surface area (Å²) >= 11 is 0. The fourth-order valence-corrected chi connectivity index (χ4v) is 1.30. The molecule has 1 rings (SSSR count). The molecule has 0 unspecified atom stereocenters. The lowest BCUT2D eigenvalue weighted by Gasteiger charge is -2.17. The highest BCUT2D eigenvalue weighted by Gasteiger charge is 2.07. The highest BCUT2D eigenvalue weighted by atomic mass is 16.5. The van der Waals surface area contributed by atoms with E-state index in [4.69, 9.17) is 11.2 Å². The van der Waals surface area contributed by atoms with Gasteiger partial charge in [-0.1, -0.05) is 5.92 Å². The SMILES string of the molecule is C#Cc1ccc(N(C)CC(=O)OCC)cc1. The van der Waals surface area contributed by atoms with E-state index < -0.39 is 0 Å². The number of rotatable bonds is 4. The molecule has 0 spiro atoms. The maximum absolute atomic E-state index is 11.3. The van der Waals surface area contributed by atoms with Gasteiger partial charge < -0.3 is 9.64 Å². The van der Waals surface area contributed by atoms with Gasteiger partial charge in [-0.3, -0.25) is 4.79 Å². The fourth-order valence-electron chi connectivity index (χ4n) is 1.30. The zero-order valence-corrected chi connectivity index (χ0v) is 9.56. The molecule has 16 heavy (non-hydrogen) atoms. The molecule has 1 aromatic rings. The summed E-state index contributed by atoms with van der Waals surface area (Å²) in [5.74, 6) is 2.31. The predicted octanol–water partition coefficient (Wildman–Crippen LogP) is 1.67. The Bertz CT molecular complexity index is 389. The zero-order valence-electron chi connectivity index (χ0n) is 9.56. The van der Waals surface area contributed by atoms with Gasteiger partial charge in [-0.2, -0.15) is 0 Å². The summed E-state index contributed by atoms with van der Waals surface area (Å²) in [4.78, 5) is 13.1. The average molecular weight is 217 g/mol. The second-order valence-electron chi connectivity index (χ2n) is 3.35. The van der Waals surface area contributed by atoms with Crippen LogP contribution in [0.2, 0.25) is 0 Å². The van der Waals surface area contributed by atoms with Crippen molar-refractivity contribution in [2.45, 2.75) is 6.92 Å². The Hall–Kier alpha value is -1.95. The minimum atomic E-state index is -0.231. The van der Waals surface area contributed by atoms with Gasteiger partial charge in [0.25, 0.3) is 0 Å². The molecule has 0 fully saturated rings. The smallest absolute Gasteiger partial charge is 0.325 e. The third-order valence-electron chi connectivity index (χ3n) is 2.15. The van der Waals surface area contributed by atoms with Crippen LogP contribution >= 0.6 is 0 Å². The predicted molar refractivity (Wildman–Crippen MR) is 64.3 cm³/mol. The lowest BCUT2D eigenvalue weighted by Crippen LogP contribution is -2.26. The van der Waals surface area contributed by atoms with E-state index in [2.05, 4.69) is 5.92 Å². The molecular weight excluding hydrogens is 202 g/mol. The number of carbonyl (C=O) groups is 1. The largest absolute Gasteiger partial charge is 0.465 e. The Labute approximate surface area is 96.0 Å². The summed E-state index contributed by atoms with van der Waals surface area (Å²) in [6.45, 7) is 2.44. The van der Waals surface area contributed by atoms with Gasteiger partial charge in [-0.05, 0) is 31.2 Å². The summed E-state index contributed by atoms with van der Waals surface area (Å²) < 4.78 is 4.87. The highest BCUT2D eigenvalue weighted by Crippen LogP contribution is 2.13. The van der Waals surface area contributed by atoms with Gasteiger partial charge >= 0.3 is 5.97 Å². The lowest BCUT2D eigenvalue weighted by atomic mass is 10.2. The molecule has 0 N–H and O–H groups in total. The minimum absolute atomic E-state index is 0.231. The highest BCUT2D eigenvalue weighted by molar-refractivity contribution is 5.75. The van der Waals surface area contributed by atoms with E-state index in [1.165, 1.54) is 0 Å². The van der Waals surface area contributed by atoms with E-state index >= 15 is 0 Å². The Morgan fingerprint density at radius 3 is 2.56 bits per heavy atom. The summed E-state index contributed by atoms with van der Waals surface area (Å²) in [6, 6.07) is 7.46. The first-order chi connectivity index (χ1) is 7.67. The van der Waals surface area contributed by atoms with Crippen molar-refractivity contribution in [1.82, 2.24) is 0 Å². The molecule has 0 aliphatic carbocycles. The normalized spacial score (nSPS) is 9.31. The van der Waals surface area contributed by atoms with Gasteiger partial charge in [-0.15, -0.1) is 6.42 Å². The van der Waals surface area contributed by atoms with Gasteiger partial charge in [0.1, 0.15) is 6.54 Å². The number of likely N-dealkylation sites (N-methyl/N-ethyl adjacent to an activating group) is 1. The number of carbonyl (C=O) groups excluding carboxylic acids is 1. The molecular formula is C13H15NO2. The molecule has 3 nitrogen and oxygen atoms in total. The zero-order chi connectivity index (χ0) is 12.0. The van der Waals surface area contributed by atoms with Crippen molar-refractivity contribution < 1.29 is 9.53 Å². The van der Waals surface area contributed by atoms with Crippen molar-refractivity contribution in [3.63, 3.8) is 0 Å². The maximum Gasteiger partial charge on any atom is 0.325 e. The van der Waals surface area contributed by atoms with Gasteiger partial charge in [-0.25, -0.2) is 0 Å². The Kier molecular flexibility index (Phi) is 4.41. The molecule has 0 bridgehead atoms. The van der Waals surface area contributed by atoms with Crippen molar-refractivity contribution in [1.29, 1.82) is 0 Å². The first kappa shape index (κ1) is 12.1. The first-order valence-corrected chi connectivity index (χ1v) is 5.10. The van der Waals surface area contributed by atoms with Crippen LogP contribution < -0.4 is 4.90 Å². The summed E-state index contributed by atoms with van der Waals surface area (Å²) in [7, 11) is 1.84. The van der Waals surface area contributed by atoms with Crippen LogP contribution in [0.3, 0.4) is 0 Å². The Morgan fingerprint density at radius 2 is 2.06 bits per heavy atom. The van der Waals surface area contributed by atoms with Crippen LogP contribution in [0.1, 0.15) is 12.5 Å². The molecule has 0 saturated carbocycles. The first-order valence-electron chi connectivity index (χ1n) is 5.10. The Balaban J connectivity index is 2.63. The molecule has 3 heteroatoms. The quantitative estimate of drug-likeness (QED) is 0.567. The van der Waals surface area contributed by atoms with Crippen LogP contribution in [0.25, 0.3) is 0 Å². The van der Waals surface area contributed by atoms with Crippen LogP contribution in [0.4, 0.5) is 5.69 Å². The number of anilines is 1. The molecule has 0 aliphatic heterocycles. The molecule has 0 radical (unpaired) electrons. The van der Waals surface area contributed by atoms with E-state index in [-0.39, 0.29) is 12.5 Å². The van der Waals surface area contributed by atoms with E-state index in [0.717, 1.165) is 11.3 Å². The topological polar surface area (TPSA) is 29.5 Å². The molecule has 84 valence electrons. The van der Waals surface area contributed by atoms with Crippen molar-refractivity contribution in [3.05, 3.63) is 29.8 Å². The minimum Gasteiger partial charge on any atom is -0.465 e. The Morgan fingerprint density at radius 1 is 1.44 bits per heavy atom. The van der Waals surface area contributed by atoms with Crippen molar-refractivity contribution in [2.75, 3.05) is 25.1 Å². The summed E-state index contributed by atoms with van der Waals surface area (Å²) in [6.07, 6.45) is 5.26. The van der Waals surface area contributed by atoms with Crippen LogP contribution in [0.15, 0.2) is 24.3 Å². The summed E-state index contributed by atoms with van der Waals surface area (Å²) in [5.41, 5.74) is 1.76. The van der Waals surface area contributed by atoms with Crippen LogP contribution in [-0.4, -0.2) is 26.2 Å². The van der Waals surface area contributed by atoms with Crippen molar-refractivity contribution in [2.24, 2.45) is 0 Å². The molecule has 0 aromatic heterocycles. The number of esters is 1. The van der Waals surface area contributed by atoms with E-state index in [9.17, 15) is 4.79 Å². The molecule has 1 aromatic carbocycles. The molecule has 0 saturated heterocycles. The van der Waals surface area contributed by atoms with Gasteiger partial charge in [0.15, 0.2) is 0 Å². The third-order valence-corrected chi connectivity index (χ3v) is 2.15. The van der Waals surface area contributed by atoms with E-state index in [0.29, 0.717) is 6.61 Å². The molecule has 0 heterocycles. The number of hydrogen-bond donors (Lipinski definition) is 0. The van der Waals surface area contributed by atoms with Crippen molar-refractivity contribution >= 4 is 11.7 Å². The van der Waals surface area contributed by atoms with E-state index in [1.807, 2.05) is 36.2 Å². The fraction of sp³-hybridized carbons (Fsp3) is 0.308. The second-order valence-corrected chi connectivity index (χ2v) is 3.35. The van der Waals surface area contributed by atoms with Gasteiger partial charge in [0, 0.05) is 18.3 Å². The maximum atomic E-state index is 11.3. The van der Waals surface area contributed by atoms with Crippen LogP contribution in [0, 0.1) is 12.3 Å². The van der Waals surface area contributed by atoms with Crippen LogP contribution in [0.5, 0.6) is 0 Å². The number of nitrogens with zero attached hydrogens (tertiary/aromatic N) is 1. The summed E-state index contributed by atoms with van der Waals surface area (Å²) in [5, 5.41) is 0. The standard InChI is InChI=1S/C13H15NO2/c1-4-11-6-8-12(9-7-11)14(3)10-13(15)16-5-2/h1,6-9H,5,10H2,2-3H3. The molecule has 0 amide bonds.